The van der Waals surface area contributed by atoms with Crippen LogP contribution in [0.2, 0.25) is 0 Å². The van der Waals surface area contributed by atoms with Crippen LogP contribution < -0.4 is 4.90 Å². The highest BCUT2D eigenvalue weighted by molar-refractivity contribution is 7.25. The van der Waals surface area contributed by atoms with Crippen LogP contribution in [0.5, 0.6) is 0 Å². The number of hydrogen-bond acceptors (Lipinski definition) is 2. The highest BCUT2D eigenvalue weighted by Gasteiger charge is 2.21. The Morgan fingerprint density at radius 1 is 0.313 bits per heavy atom. The fourth-order valence-corrected chi connectivity index (χ4v) is 11.4. The third-order valence-corrected chi connectivity index (χ3v) is 14.5. The van der Waals surface area contributed by atoms with Gasteiger partial charge in [-0.05, 0) is 117 Å². The molecule has 0 aliphatic heterocycles. The number of thiophene rings is 1. The van der Waals surface area contributed by atoms with Crippen LogP contribution in [-0.4, -0.2) is 4.57 Å². The van der Waals surface area contributed by atoms with E-state index in [0.717, 1.165) is 28.3 Å². The molecule has 13 aromatic rings. The fraction of sp³-hybridized carbons (Fsp3) is 0. The Balaban J connectivity index is 0.939. The summed E-state index contributed by atoms with van der Waals surface area (Å²) >= 11 is 1.86. The van der Waals surface area contributed by atoms with Gasteiger partial charge in [0.1, 0.15) is 0 Å². The summed E-state index contributed by atoms with van der Waals surface area (Å²) in [6.07, 6.45) is 0. The summed E-state index contributed by atoms with van der Waals surface area (Å²) in [5.74, 6) is 0. The number of benzene rings is 11. The Morgan fingerprint density at radius 3 is 1.60 bits per heavy atom. The molecule has 0 amide bonds. The van der Waals surface area contributed by atoms with Crippen molar-refractivity contribution in [2.24, 2.45) is 0 Å². The highest BCUT2D eigenvalue weighted by atomic mass is 32.1. The first-order valence-electron chi connectivity index (χ1n) is 22.9. The predicted molar refractivity (Wildman–Crippen MR) is 288 cm³/mol. The van der Waals surface area contributed by atoms with Crippen molar-refractivity contribution in [3.05, 3.63) is 255 Å². The van der Waals surface area contributed by atoms with E-state index in [0.29, 0.717) is 0 Å². The van der Waals surface area contributed by atoms with Crippen LogP contribution in [0.15, 0.2) is 255 Å². The fourth-order valence-electron chi connectivity index (χ4n) is 10.3. The third-order valence-electron chi connectivity index (χ3n) is 13.4. The summed E-state index contributed by atoms with van der Waals surface area (Å²) < 4.78 is 5.02. The second-order valence-corrected chi connectivity index (χ2v) is 18.3. The summed E-state index contributed by atoms with van der Waals surface area (Å²) in [6.45, 7) is 0. The van der Waals surface area contributed by atoms with E-state index in [-0.39, 0.29) is 0 Å². The number of aromatic nitrogens is 1. The van der Waals surface area contributed by atoms with Gasteiger partial charge in [0.05, 0.1) is 22.4 Å². The first-order valence-corrected chi connectivity index (χ1v) is 23.7. The van der Waals surface area contributed by atoms with Crippen molar-refractivity contribution in [3.63, 3.8) is 0 Å². The number of anilines is 3. The highest BCUT2D eigenvalue weighted by Crippen LogP contribution is 2.47. The molecule has 3 heteroatoms. The molecule has 0 bridgehead atoms. The average Bonchev–Trinajstić information content (AvgIpc) is 3.95. The molecular weight excluding hydrogens is 829 g/mol. The normalized spacial score (nSPS) is 11.6. The quantitative estimate of drug-likeness (QED) is 0.148. The van der Waals surface area contributed by atoms with Crippen LogP contribution in [0, 0.1) is 0 Å². The van der Waals surface area contributed by atoms with Crippen LogP contribution in [-0.2, 0) is 0 Å². The first kappa shape index (κ1) is 38.9. The average molecular weight is 871 g/mol. The first-order chi connectivity index (χ1) is 33.2. The van der Waals surface area contributed by atoms with Crippen molar-refractivity contribution in [1.29, 1.82) is 0 Å². The van der Waals surface area contributed by atoms with Crippen LogP contribution in [0.25, 0.3) is 103 Å². The van der Waals surface area contributed by atoms with E-state index in [1.807, 2.05) is 11.3 Å². The van der Waals surface area contributed by atoms with Gasteiger partial charge in [-0.3, -0.25) is 0 Å². The van der Waals surface area contributed by atoms with Crippen LogP contribution in [0.3, 0.4) is 0 Å². The topological polar surface area (TPSA) is 8.17 Å². The molecule has 0 radical (unpaired) electrons. The molecule has 0 atom stereocenters. The third kappa shape index (κ3) is 6.71. The zero-order valence-electron chi connectivity index (χ0n) is 36.6. The molecule has 2 aromatic heterocycles. The van der Waals surface area contributed by atoms with Crippen molar-refractivity contribution in [1.82, 2.24) is 4.57 Å². The summed E-state index contributed by atoms with van der Waals surface area (Å²) in [5.41, 5.74) is 16.4. The number of para-hydroxylation sites is 4. The number of nitrogens with zero attached hydrogens (tertiary/aromatic N) is 2. The number of hydrogen-bond donors (Lipinski definition) is 0. The molecule has 11 aromatic carbocycles. The lowest BCUT2D eigenvalue weighted by Crippen LogP contribution is -2.11. The molecule has 2 nitrogen and oxygen atoms in total. The van der Waals surface area contributed by atoms with Crippen LogP contribution in [0.1, 0.15) is 0 Å². The van der Waals surface area contributed by atoms with Gasteiger partial charge in [0.15, 0.2) is 0 Å². The van der Waals surface area contributed by atoms with Crippen molar-refractivity contribution < 1.29 is 0 Å². The molecule has 0 N–H and O–H groups in total. The van der Waals surface area contributed by atoms with Crippen molar-refractivity contribution in [2.75, 3.05) is 4.90 Å². The largest absolute Gasteiger partial charge is 0.310 e. The van der Waals surface area contributed by atoms with Crippen LogP contribution in [0.4, 0.5) is 17.1 Å². The second kappa shape index (κ2) is 16.2. The molecule has 2 heterocycles. The van der Waals surface area contributed by atoms with Gasteiger partial charge in [-0.25, -0.2) is 0 Å². The Morgan fingerprint density at radius 2 is 0.836 bits per heavy atom. The van der Waals surface area contributed by atoms with Gasteiger partial charge in [0.25, 0.3) is 0 Å². The zero-order valence-corrected chi connectivity index (χ0v) is 37.4. The lowest BCUT2D eigenvalue weighted by Gasteiger charge is -2.28. The second-order valence-electron chi connectivity index (χ2n) is 17.3. The molecule has 0 aliphatic carbocycles. The van der Waals surface area contributed by atoms with Gasteiger partial charge in [0, 0.05) is 53.4 Å². The minimum absolute atomic E-state index is 1.08. The molecule has 0 spiro atoms. The van der Waals surface area contributed by atoms with Gasteiger partial charge in [-0.2, -0.15) is 0 Å². The van der Waals surface area contributed by atoms with Gasteiger partial charge in [-0.1, -0.05) is 182 Å². The van der Waals surface area contributed by atoms with Crippen molar-refractivity contribution in [3.8, 4) is 50.2 Å². The Bertz CT molecular complexity index is 3930. The maximum absolute atomic E-state index is 2.43. The maximum Gasteiger partial charge on any atom is 0.0541 e. The monoisotopic (exact) mass is 870 g/mol. The minimum atomic E-state index is 1.08. The Hall–Kier alpha value is -8.50. The van der Waals surface area contributed by atoms with Gasteiger partial charge in [0.2, 0.25) is 0 Å². The van der Waals surface area contributed by atoms with E-state index in [4.69, 9.17) is 0 Å². The maximum atomic E-state index is 2.43. The molecule has 13 rings (SSSR count). The van der Waals surface area contributed by atoms with Gasteiger partial charge < -0.3 is 9.47 Å². The summed E-state index contributed by atoms with van der Waals surface area (Å²) in [4.78, 5) is 2.43. The lowest BCUT2D eigenvalue weighted by molar-refractivity contribution is 1.18. The van der Waals surface area contributed by atoms with E-state index in [1.54, 1.807) is 0 Å². The standard InChI is InChI=1S/C64H42N2S/c1-2-16-46-42-49(32-31-43(46)15-1)48-18-13-17-47(41-48)44-33-37-50(38-34-44)65(59-26-9-6-22-55(59)56-24-14-30-63-64(56)57-23-7-12-29-62(57)67-63)51-39-35-45(36-40-51)52-19-3-8-25-58(52)66-60-27-10-4-20-53(60)54-21-5-11-28-61(54)66/h1-42H. The lowest BCUT2D eigenvalue weighted by atomic mass is 9.96. The number of fused-ring (bicyclic) bond motifs is 7. The Kier molecular flexibility index (Phi) is 9.40. The molecule has 0 aliphatic rings. The molecule has 0 unspecified atom stereocenters. The van der Waals surface area contributed by atoms with Crippen molar-refractivity contribution >= 4 is 81.1 Å². The van der Waals surface area contributed by atoms with E-state index >= 15 is 0 Å². The van der Waals surface area contributed by atoms with Crippen LogP contribution >= 0.6 is 11.3 Å². The summed E-state index contributed by atoms with van der Waals surface area (Å²) in [5, 5.41) is 7.61. The van der Waals surface area contributed by atoms with E-state index in [2.05, 4.69) is 264 Å². The predicted octanol–water partition coefficient (Wildman–Crippen LogP) is 18.4. The molecule has 67 heavy (non-hydrogen) atoms. The van der Waals surface area contributed by atoms with E-state index in [1.165, 1.54) is 91.7 Å². The smallest absolute Gasteiger partial charge is 0.0541 e. The molecular formula is C64H42N2S. The van der Waals surface area contributed by atoms with E-state index < -0.39 is 0 Å². The molecule has 0 fully saturated rings. The van der Waals surface area contributed by atoms with Crippen molar-refractivity contribution in [2.45, 2.75) is 0 Å². The summed E-state index contributed by atoms with van der Waals surface area (Å²) in [7, 11) is 0. The minimum Gasteiger partial charge on any atom is -0.310 e. The molecule has 0 saturated carbocycles. The molecule has 0 saturated heterocycles. The van der Waals surface area contributed by atoms with Gasteiger partial charge in [-0.15, -0.1) is 11.3 Å². The summed E-state index contributed by atoms with van der Waals surface area (Å²) in [6, 6.07) is 93.2. The van der Waals surface area contributed by atoms with E-state index in [9.17, 15) is 0 Å². The van der Waals surface area contributed by atoms with Gasteiger partial charge >= 0.3 is 0 Å². The number of rotatable bonds is 8. The SMILES string of the molecule is c1cc(-c2ccc(N(c3ccc(-c4ccccc4-n4c5ccccc5c5ccccc54)cc3)c3ccccc3-c3cccc4sc5ccccc5c34)cc2)cc(-c2ccc3ccccc3c2)c1. The zero-order chi connectivity index (χ0) is 44.3. The Labute approximate surface area is 393 Å². The molecule has 314 valence electrons.